The van der Waals surface area contributed by atoms with Gasteiger partial charge in [-0.3, -0.25) is 0 Å². The van der Waals surface area contributed by atoms with E-state index in [1.54, 1.807) is 32.5 Å². The second-order valence-electron chi connectivity index (χ2n) is 5.12. The molecule has 25 heavy (non-hydrogen) atoms. The molecule has 0 saturated carbocycles. The van der Waals surface area contributed by atoms with Crippen molar-refractivity contribution in [1.29, 1.82) is 0 Å². The van der Waals surface area contributed by atoms with Gasteiger partial charge < -0.3 is 19.5 Å². The highest BCUT2D eigenvalue weighted by Crippen LogP contribution is 2.35. The molecule has 1 aromatic heterocycles. The molecule has 3 aromatic rings. The largest absolute Gasteiger partial charge is 0.493 e. The molecule has 0 aliphatic rings. The van der Waals surface area contributed by atoms with Gasteiger partial charge in [-0.2, -0.15) is 8.78 Å². The maximum atomic E-state index is 12.4. The van der Waals surface area contributed by atoms with Crippen LogP contribution in [-0.4, -0.2) is 25.8 Å². The Balaban J connectivity index is 1.99. The third-order valence-electron chi connectivity index (χ3n) is 3.59. The fourth-order valence-electron chi connectivity index (χ4n) is 2.49. The first-order chi connectivity index (χ1) is 12.1. The highest BCUT2D eigenvalue weighted by atomic mass is 19.3. The monoisotopic (exact) mass is 346 g/mol. The van der Waals surface area contributed by atoms with Crippen LogP contribution >= 0.6 is 0 Å². The second kappa shape index (κ2) is 7.21. The molecule has 2 aromatic carbocycles. The molecule has 1 heterocycles. The summed E-state index contributed by atoms with van der Waals surface area (Å²) in [7, 11) is 3.12. The Hall–Kier alpha value is -3.09. The van der Waals surface area contributed by atoms with E-state index in [4.69, 9.17) is 9.47 Å². The average molecular weight is 346 g/mol. The van der Waals surface area contributed by atoms with Gasteiger partial charge in [0.05, 0.1) is 14.2 Å². The predicted octanol–water partition coefficient (Wildman–Crippen LogP) is 4.60. The maximum Gasteiger partial charge on any atom is 0.387 e. The van der Waals surface area contributed by atoms with Crippen molar-refractivity contribution in [3.05, 3.63) is 48.7 Å². The first-order valence-electron chi connectivity index (χ1n) is 7.43. The number of nitrogens with zero attached hydrogens (tertiary/aromatic N) is 1. The number of ether oxygens (including phenoxy) is 3. The predicted molar refractivity (Wildman–Crippen MR) is 91.2 cm³/mol. The van der Waals surface area contributed by atoms with Crippen molar-refractivity contribution in [3.8, 4) is 17.2 Å². The van der Waals surface area contributed by atoms with Crippen LogP contribution in [0.3, 0.4) is 0 Å². The van der Waals surface area contributed by atoms with Crippen molar-refractivity contribution in [1.82, 2.24) is 4.98 Å². The van der Waals surface area contributed by atoms with Crippen LogP contribution < -0.4 is 19.5 Å². The van der Waals surface area contributed by atoms with Gasteiger partial charge in [-0.15, -0.1) is 0 Å². The smallest absolute Gasteiger partial charge is 0.387 e. The van der Waals surface area contributed by atoms with E-state index in [-0.39, 0.29) is 5.75 Å². The van der Waals surface area contributed by atoms with Gasteiger partial charge in [-0.1, -0.05) is 6.07 Å². The van der Waals surface area contributed by atoms with Crippen molar-refractivity contribution in [2.75, 3.05) is 19.5 Å². The number of hydrogen-bond donors (Lipinski definition) is 1. The zero-order valence-electron chi connectivity index (χ0n) is 13.6. The Bertz CT molecular complexity index is 887. The van der Waals surface area contributed by atoms with Crippen LogP contribution in [0.4, 0.5) is 20.3 Å². The maximum absolute atomic E-state index is 12.4. The van der Waals surface area contributed by atoms with E-state index in [0.29, 0.717) is 23.0 Å². The van der Waals surface area contributed by atoms with Crippen molar-refractivity contribution in [3.63, 3.8) is 0 Å². The molecular formula is C18H16F2N2O3. The summed E-state index contributed by atoms with van der Waals surface area (Å²) in [5, 5.41) is 4.82. The van der Waals surface area contributed by atoms with Crippen LogP contribution in [-0.2, 0) is 0 Å². The SMILES string of the molecule is COc1cc2ccnc(Nc3cccc(OC(F)F)c3)c2cc1OC. The Morgan fingerprint density at radius 1 is 1.00 bits per heavy atom. The summed E-state index contributed by atoms with van der Waals surface area (Å²) in [6, 6.07) is 11.8. The van der Waals surface area contributed by atoms with Crippen LogP contribution in [0, 0.1) is 0 Å². The molecule has 130 valence electrons. The van der Waals surface area contributed by atoms with E-state index in [1.807, 2.05) is 18.2 Å². The number of hydrogen-bond acceptors (Lipinski definition) is 5. The Morgan fingerprint density at radius 2 is 1.76 bits per heavy atom. The van der Waals surface area contributed by atoms with Crippen molar-refractivity contribution in [2.24, 2.45) is 0 Å². The standard InChI is InChI=1S/C18H16F2N2O3/c1-23-15-8-11-6-7-21-17(14(11)10-16(15)24-2)22-12-4-3-5-13(9-12)25-18(19)20/h3-10,18H,1-2H3,(H,21,22). The van der Waals surface area contributed by atoms with Crippen LogP contribution in [0.25, 0.3) is 10.8 Å². The molecule has 0 saturated heterocycles. The molecule has 0 spiro atoms. The number of methoxy groups -OCH3 is 2. The van der Waals surface area contributed by atoms with Crippen LogP contribution in [0.5, 0.6) is 17.2 Å². The van der Waals surface area contributed by atoms with Crippen molar-refractivity contribution >= 4 is 22.3 Å². The van der Waals surface area contributed by atoms with Gasteiger partial charge in [-0.05, 0) is 35.7 Å². The normalized spacial score (nSPS) is 10.8. The van der Waals surface area contributed by atoms with Gasteiger partial charge in [0.2, 0.25) is 0 Å². The van der Waals surface area contributed by atoms with E-state index in [9.17, 15) is 8.78 Å². The molecule has 0 radical (unpaired) electrons. The van der Waals surface area contributed by atoms with Gasteiger partial charge >= 0.3 is 6.61 Å². The van der Waals surface area contributed by atoms with E-state index in [0.717, 1.165) is 10.8 Å². The number of aromatic nitrogens is 1. The van der Waals surface area contributed by atoms with Gasteiger partial charge in [0, 0.05) is 23.3 Å². The molecule has 0 atom stereocenters. The number of anilines is 2. The van der Waals surface area contributed by atoms with Crippen LogP contribution in [0.2, 0.25) is 0 Å². The van der Waals surface area contributed by atoms with Gasteiger partial charge in [0.15, 0.2) is 11.5 Å². The molecule has 0 aliphatic carbocycles. The third-order valence-corrected chi connectivity index (χ3v) is 3.59. The first kappa shape index (κ1) is 16.8. The fraction of sp³-hybridized carbons (Fsp3) is 0.167. The molecule has 7 heteroatoms. The topological polar surface area (TPSA) is 52.6 Å². The summed E-state index contributed by atoms with van der Waals surface area (Å²) in [6.45, 7) is -2.87. The molecular weight excluding hydrogens is 330 g/mol. The van der Waals surface area contributed by atoms with E-state index < -0.39 is 6.61 Å². The number of pyridine rings is 1. The van der Waals surface area contributed by atoms with E-state index in [2.05, 4.69) is 15.0 Å². The number of nitrogens with one attached hydrogen (secondary N) is 1. The second-order valence-corrected chi connectivity index (χ2v) is 5.12. The molecule has 0 aliphatic heterocycles. The zero-order chi connectivity index (χ0) is 17.8. The lowest BCUT2D eigenvalue weighted by atomic mass is 10.1. The molecule has 0 amide bonds. The average Bonchev–Trinajstić information content (AvgIpc) is 2.60. The van der Waals surface area contributed by atoms with Crippen LogP contribution in [0.15, 0.2) is 48.7 Å². The summed E-state index contributed by atoms with van der Waals surface area (Å²) in [6.07, 6.45) is 1.65. The summed E-state index contributed by atoms with van der Waals surface area (Å²) in [5.74, 6) is 1.81. The number of benzene rings is 2. The van der Waals surface area contributed by atoms with E-state index >= 15 is 0 Å². The summed E-state index contributed by atoms with van der Waals surface area (Å²) in [4.78, 5) is 4.33. The first-order valence-corrected chi connectivity index (χ1v) is 7.43. The number of fused-ring (bicyclic) bond motifs is 1. The van der Waals surface area contributed by atoms with Gasteiger partial charge in [-0.25, -0.2) is 4.98 Å². The Morgan fingerprint density at radius 3 is 2.48 bits per heavy atom. The molecule has 3 rings (SSSR count). The molecule has 1 N–H and O–H groups in total. The van der Waals surface area contributed by atoms with Crippen molar-refractivity contribution < 1.29 is 23.0 Å². The lowest BCUT2D eigenvalue weighted by Gasteiger charge is -2.13. The quantitative estimate of drug-likeness (QED) is 0.707. The Labute approximate surface area is 143 Å². The third kappa shape index (κ3) is 3.71. The van der Waals surface area contributed by atoms with Gasteiger partial charge in [0.25, 0.3) is 0 Å². The lowest BCUT2D eigenvalue weighted by molar-refractivity contribution is -0.0497. The van der Waals surface area contributed by atoms with Crippen molar-refractivity contribution in [2.45, 2.75) is 6.61 Å². The molecule has 0 unspecified atom stereocenters. The summed E-state index contributed by atoms with van der Waals surface area (Å²) >= 11 is 0. The van der Waals surface area contributed by atoms with E-state index in [1.165, 1.54) is 12.1 Å². The molecule has 0 bridgehead atoms. The minimum absolute atomic E-state index is 0.0690. The summed E-state index contributed by atoms with van der Waals surface area (Å²) in [5.41, 5.74) is 0.577. The highest BCUT2D eigenvalue weighted by Gasteiger charge is 2.11. The fourth-order valence-corrected chi connectivity index (χ4v) is 2.49. The number of alkyl halides is 2. The highest BCUT2D eigenvalue weighted by molar-refractivity contribution is 5.95. The number of halogens is 2. The van der Waals surface area contributed by atoms with Crippen LogP contribution in [0.1, 0.15) is 0 Å². The minimum atomic E-state index is -2.87. The number of rotatable bonds is 6. The minimum Gasteiger partial charge on any atom is -0.493 e. The summed E-state index contributed by atoms with van der Waals surface area (Å²) < 4.78 is 39.8. The molecule has 5 nitrogen and oxygen atoms in total. The zero-order valence-corrected chi connectivity index (χ0v) is 13.6. The molecule has 0 fully saturated rings. The lowest BCUT2D eigenvalue weighted by Crippen LogP contribution is -2.02. The van der Waals surface area contributed by atoms with Gasteiger partial charge in [0.1, 0.15) is 11.6 Å². The Kier molecular flexibility index (Phi) is 4.83.